The van der Waals surface area contributed by atoms with E-state index in [0.29, 0.717) is 22.3 Å². The van der Waals surface area contributed by atoms with Crippen LogP contribution in [0, 0.1) is 19.7 Å². The molecule has 1 amide bonds. The van der Waals surface area contributed by atoms with E-state index >= 15 is 0 Å². The minimum Gasteiger partial charge on any atom is -0.321 e. The second-order valence-electron chi connectivity index (χ2n) is 6.82. The van der Waals surface area contributed by atoms with Gasteiger partial charge < -0.3 is 5.32 Å². The van der Waals surface area contributed by atoms with Crippen molar-refractivity contribution in [2.45, 2.75) is 24.8 Å². The summed E-state index contributed by atoms with van der Waals surface area (Å²) >= 11 is 1.40. The predicted molar refractivity (Wildman–Crippen MR) is 117 cm³/mol. The maximum Gasteiger partial charge on any atom is 0.278 e. The van der Waals surface area contributed by atoms with Crippen LogP contribution in [0.2, 0.25) is 0 Å². The summed E-state index contributed by atoms with van der Waals surface area (Å²) in [7, 11) is 0. The van der Waals surface area contributed by atoms with Gasteiger partial charge in [-0.3, -0.25) is 4.79 Å². The smallest absolute Gasteiger partial charge is 0.278 e. The SMILES string of the molecule is Cc1cc(C)nc(SCc2c(C(=O)Nc3ccc(F)cc3)nnn2-c2ccccc2)n1. The Hall–Kier alpha value is -3.59. The fourth-order valence-electron chi connectivity index (χ4n) is 3.00. The third-order valence-corrected chi connectivity index (χ3v) is 5.24. The van der Waals surface area contributed by atoms with E-state index in [0.717, 1.165) is 17.1 Å². The fourth-order valence-corrected chi connectivity index (χ4v) is 3.94. The summed E-state index contributed by atoms with van der Waals surface area (Å²) < 4.78 is 14.8. The molecule has 0 atom stereocenters. The van der Waals surface area contributed by atoms with E-state index in [1.54, 1.807) is 4.68 Å². The average molecular weight is 435 g/mol. The summed E-state index contributed by atoms with van der Waals surface area (Å²) in [5, 5.41) is 11.7. The number of aryl methyl sites for hydroxylation is 2. The van der Waals surface area contributed by atoms with E-state index in [1.165, 1.54) is 36.0 Å². The molecule has 0 fully saturated rings. The first-order chi connectivity index (χ1) is 15.0. The average Bonchev–Trinajstić information content (AvgIpc) is 3.18. The van der Waals surface area contributed by atoms with E-state index in [4.69, 9.17) is 0 Å². The van der Waals surface area contributed by atoms with Crippen molar-refractivity contribution in [2.75, 3.05) is 5.32 Å². The molecule has 0 unspecified atom stereocenters. The summed E-state index contributed by atoms with van der Waals surface area (Å²) in [6.45, 7) is 3.83. The van der Waals surface area contributed by atoms with Crippen LogP contribution < -0.4 is 5.32 Å². The predicted octanol–water partition coefficient (Wildman–Crippen LogP) is 4.36. The molecule has 0 saturated carbocycles. The number of anilines is 1. The summed E-state index contributed by atoms with van der Waals surface area (Å²) in [6.07, 6.45) is 0. The first kappa shape index (κ1) is 20.7. The molecule has 0 spiro atoms. The molecule has 7 nitrogen and oxygen atoms in total. The molecule has 1 N–H and O–H groups in total. The second-order valence-corrected chi connectivity index (χ2v) is 7.76. The molecule has 31 heavy (non-hydrogen) atoms. The van der Waals surface area contributed by atoms with Gasteiger partial charge in [-0.1, -0.05) is 35.2 Å². The van der Waals surface area contributed by atoms with Gasteiger partial charge in [0, 0.05) is 22.8 Å². The standard InChI is InChI=1S/C22H19FN6OS/c1-14-12-15(2)25-22(24-14)31-13-19-20(21(30)26-17-10-8-16(23)9-11-17)27-28-29(19)18-6-4-3-5-7-18/h3-12H,13H2,1-2H3,(H,26,30). The number of benzene rings is 2. The van der Waals surface area contributed by atoms with Gasteiger partial charge in [0.15, 0.2) is 10.9 Å². The third kappa shape index (κ3) is 4.95. The molecular weight excluding hydrogens is 415 g/mol. The van der Waals surface area contributed by atoms with E-state index in [-0.39, 0.29) is 11.5 Å². The molecule has 0 radical (unpaired) electrons. The maximum atomic E-state index is 13.2. The molecule has 4 aromatic rings. The molecule has 156 valence electrons. The van der Waals surface area contributed by atoms with Gasteiger partial charge in [-0.05, 0) is 56.3 Å². The van der Waals surface area contributed by atoms with E-state index in [1.807, 2.05) is 50.2 Å². The highest BCUT2D eigenvalue weighted by Crippen LogP contribution is 2.24. The van der Waals surface area contributed by atoms with Gasteiger partial charge in [0.05, 0.1) is 11.4 Å². The monoisotopic (exact) mass is 434 g/mol. The van der Waals surface area contributed by atoms with Gasteiger partial charge in [-0.25, -0.2) is 19.0 Å². The van der Waals surface area contributed by atoms with Crippen molar-refractivity contribution in [2.24, 2.45) is 0 Å². The van der Waals surface area contributed by atoms with Crippen LogP contribution in [0.15, 0.2) is 65.8 Å². The second kappa shape index (κ2) is 9.05. The lowest BCUT2D eigenvalue weighted by Gasteiger charge is -2.09. The minimum atomic E-state index is -0.425. The number of amides is 1. The molecule has 9 heteroatoms. The summed E-state index contributed by atoms with van der Waals surface area (Å²) in [5.41, 5.74) is 3.80. The van der Waals surface area contributed by atoms with Gasteiger partial charge in [0.1, 0.15) is 5.82 Å². The Morgan fingerprint density at radius 3 is 2.39 bits per heavy atom. The Labute approximate surface area is 182 Å². The zero-order valence-corrected chi connectivity index (χ0v) is 17.7. The minimum absolute atomic E-state index is 0.185. The Morgan fingerprint density at radius 2 is 1.71 bits per heavy atom. The lowest BCUT2D eigenvalue weighted by Crippen LogP contribution is -2.15. The number of rotatable bonds is 6. The molecule has 2 heterocycles. The highest BCUT2D eigenvalue weighted by molar-refractivity contribution is 7.98. The summed E-state index contributed by atoms with van der Waals surface area (Å²) in [6, 6.07) is 16.9. The summed E-state index contributed by atoms with van der Waals surface area (Å²) in [5.74, 6) is -0.416. The largest absolute Gasteiger partial charge is 0.321 e. The zero-order valence-electron chi connectivity index (χ0n) is 16.9. The number of hydrogen-bond donors (Lipinski definition) is 1. The van der Waals surface area contributed by atoms with Crippen molar-refractivity contribution in [1.82, 2.24) is 25.0 Å². The fraction of sp³-hybridized carbons (Fsp3) is 0.136. The molecule has 2 aromatic carbocycles. The van der Waals surface area contributed by atoms with Crippen LogP contribution in [-0.4, -0.2) is 30.9 Å². The first-order valence-electron chi connectivity index (χ1n) is 9.51. The molecule has 0 aliphatic heterocycles. The van der Waals surface area contributed by atoms with Gasteiger partial charge in [-0.2, -0.15) is 0 Å². The Balaban J connectivity index is 1.65. The third-order valence-electron chi connectivity index (χ3n) is 4.38. The number of hydrogen-bond acceptors (Lipinski definition) is 6. The van der Waals surface area contributed by atoms with Gasteiger partial charge in [0.25, 0.3) is 5.91 Å². The van der Waals surface area contributed by atoms with E-state index < -0.39 is 5.91 Å². The Bertz CT molecular complexity index is 1190. The number of nitrogens with zero attached hydrogens (tertiary/aromatic N) is 5. The lowest BCUT2D eigenvalue weighted by molar-refractivity contribution is 0.102. The highest BCUT2D eigenvalue weighted by Gasteiger charge is 2.21. The van der Waals surface area contributed by atoms with Crippen LogP contribution in [0.4, 0.5) is 10.1 Å². The number of halogens is 1. The summed E-state index contributed by atoms with van der Waals surface area (Å²) in [4.78, 5) is 21.8. The van der Waals surface area contributed by atoms with Crippen LogP contribution in [0.5, 0.6) is 0 Å². The van der Waals surface area contributed by atoms with Gasteiger partial charge in [0.2, 0.25) is 0 Å². The highest BCUT2D eigenvalue weighted by atomic mass is 32.2. The molecule has 0 aliphatic rings. The molecular formula is C22H19FN6OS. The van der Waals surface area contributed by atoms with Crippen LogP contribution in [0.3, 0.4) is 0 Å². The maximum absolute atomic E-state index is 13.2. The number of carbonyl (C=O) groups is 1. The van der Waals surface area contributed by atoms with E-state index in [2.05, 4.69) is 25.6 Å². The zero-order chi connectivity index (χ0) is 21.8. The van der Waals surface area contributed by atoms with Crippen molar-refractivity contribution in [1.29, 1.82) is 0 Å². The Kier molecular flexibility index (Phi) is 6.03. The number of para-hydroxylation sites is 1. The number of aromatic nitrogens is 5. The Morgan fingerprint density at radius 1 is 1.03 bits per heavy atom. The molecule has 0 saturated heterocycles. The van der Waals surface area contributed by atoms with Gasteiger partial charge in [-0.15, -0.1) is 5.10 Å². The molecule has 0 aliphatic carbocycles. The number of thioether (sulfide) groups is 1. The quantitative estimate of drug-likeness (QED) is 0.359. The number of nitrogens with one attached hydrogen (secondary N) is 1. The van der Waals surface area contributed by atoms with Gasteiger partial charge >= 0.3 is 0 Å². The lowest BCUT2D eigenvalue weighted by atomic mass is 10.2. The van der Waals surface area contributed by atoms with Crippen LogP contribution in [0.25, 0.3) is 5.69 Å². The normalized spacial score (nSPS) is 10.8. The van der Waals surface area contributed by atoms with Crippen molar-refractivity contribution in [3.05, 3.63) is 89.3 Å². The van der Waals surface area contributed by atoms with Crippen LogP contribution in [-0.2, 0) is 5.75 Å². The van der Waals surface area contributed by atoms with Crippen molar-refractivity contribution >= 4 is 23.4 Å². The first-order valence-corrected chi connectivity index (χ1v) is 10.5. The molecule has 4 rings (SSSR count). The molecule has 0 bridgehead atoms. The van der Waals surface area contributed by atoms with Crippen molar-refractivity contribution in [3.8, 4) is 5.69 Å². The molecule has 2 aromatic heterocycles. The van der Waals surface area contributed by atoms with Crippen molar-refractivity contribution in [3.63, 3.8) is 0 Å². The number of carbonyl (C=O) groups excluding carboxylic acids is 1. The van der Waals surface area contributed by atoms with Crippen molar-refractivity contribution < 1.29 is 9.18 Å². The topological polar surface area (TPSA) is 85.6 Å². The van der Waals surface area contributed by atoms with Crippen LogP contribution >= 0.6 is 11.8 Å². The van der Waals surface area contributed by atoms with Crippen LogP contribution in [0.1, 0.15) is 27.6 Å². The van der Waals surface area contributed by atoms with E-state index in [9.17, 15) is 9.18 Å².